The fourth-order valence-corrected chi connectivity index (χ4v) is 1.92. The highest BCUT2D eigenvalue weighted by Gasteiger charge is 2.10. The Morgan fingerprint density at radius 3 is 2.80 bits per heavy atom. The van der Waals surface area contributed by atoms with E-state index in [1.807, 2.05) is 0 Å². The van der Waals surface area contributed by atoms with Crippen molar-refractivity contribution in [3.05, 3.63) is 44.1 Å². The Hall–Kier alpha value is -2.42. The van der Waals surface area contributed by atoms with Crippen molar-refractivity contribution in [2.75, 3.05) is 6.26 Å². The molecule has 2 heterocycles. The molecule has 2 aromatic rings. The minimum atomic E-state index is -0.635. The van der Waals surface area contributed by atoms with E-state index in [0.717, 1.165) is 0 Å². The second kappa shape index (κ2) is 5.70. The number of nitro groups is 1. The monoisotopic (exact) mass is 294 g/mol. The second-order valence-corrected chi connectivity index (χ2v) is 4.45. The first-order chi connectivity index (χ1) is 9.51. The highest BCUT2D eigenvalue weighted by atomic mass is 32.2. The van der Waals surface area contributed by atoms with Gasteiger partial charge in [0.1, 0.15) is 10.7 Å². The van der Waals surface area contributed by atoms with Gasteiger partial charge in [-0.15, -0.1) is 0 Å². The number of thioether (sulfide) groups is 1. The summed E-state index contributed by atoms with van der Waals surface area (Å²) in [6.07, 6.45) is 4.63. The molecule has 2 rings (SSSR count). The molecule has 0 aliphatic heterocycles. The lowest BCUT2D eigenvalue weighted by atomic mass is 10.3. The van der Waals surface area contributed by atoms with Gasteiger partial charge in [-0.25, -0.2) is 4.68 Å². The number of furan rings is 1. The van der Waals surface area contributed by atoms with Gasteiger partial charge in [0.2, 0.25) is 0 Å². The molecule has 20 heavy (non-hydrogen) atoms. The van der Waals surface area contributed by atoms with Crippen LogP contribution in [0.3, 0.4) is 0 Å². The van der Waals surface area contributed by atoms with E-state index in [4.69, 9.17) is 4.42 Å². The van der Waals surface area contributed by atoms with Crippen molar-refractivity contribution in [1.29, 1.82) is 0 Å². The number of aromatic nitrogens is 3. The zero-order chi connectivity index (χ0) is 14.7. The number of hydrogen-bond acceptors (Lipinski definition) is 7. The molecular weight excluding hydrogens is 284 g/mol. The van der Waals surface area contributed by atoms with Gasteiger partial charge in [0, 0.05) is 7.05 Å². The summed E-state index contributed by atoms with van der Waals surface area (Å²) < 4.78 is 6.42. The van der Waals surface area contributed by atoms with Crippen molar-refractivity contribution in [3.8, 4) is 0 Å². The minimum Gasteiger partial charge on any atom is -0.401 e. The molecule has 0 N–H and O–H groups in total. The van der Waals surface area contributed by atoms with E-state index >= 15 is 0 Å². The van der Waals surface area contributed by atoms with Crippen LogP contribution in [0.25, 0.3) is 12.2 Å². The van der Waals surface area contributed by atoms with E-state index in [-0.39, 0.29) is 17.3 Å². The third-order valence-electron chi connectivity index (χ3n) is 2.33. The molecule has 0 unspecified atom stereocenters. The van der Waals surface area contributed by atoms with Gasteiger partial charge >= 0.3 is 5.88 Å². The number of hydrogen-bond donors (Lipinski definition) is 0. The maximum Gasteiger partial charge on any atom is 0.433 e. The number of aryl methyl sites for hydroxylation is 1. The largest absolute Gasteiger partial charge is 0.433 e. The van der Waals surface area contributed by atoms with Crippen LogP contribution in [0.5, 0.6) is 0 Å². The van der Waals surface area contributed by atoms with Gasteiger partial charge in [0.25, 0.3) is 5.56 Å². The van der Waals surface area contributed by atoms with Gasteiger partial charge in [-0.1, -0.05) is 11.8 Å². The number of nitrogens with zero attached hydrogens (tertiary/aromatic N) is 4. The first-order valence-corrected chi connectivity index (χ1v) is 6.65. The summed E-state index contributed by atoms with van der Waals surface area (Å²) in [6, 6.07) is 2.67. The molecule has 0 spiro atoms. The molecule has 0 fully saturated rings. The molecule has 8 nitrogen and oxygen atoms in total. The molecule has 0 amide bonds. The summed E-state index contributed by atoms with van der Waals surface area (Å²) >= 11 is 1.31. The van der Waals surface area contributed by atoms with E-state index in [2.05, 4.69) is 10.1 Å². The Kier molecular flexibility index (Phi) is 3.99. The Labute approximate surface area is 117 Å². The van der Waals surface area contributed by atoms with E-state index in [0.29, 0.717) is 5.16 Å². The normalized spacial score (nSPS) is 11.1. The molecule has 0 saturated heterocycles. The van der Waals surface area contributed by atoms with Crippen LogP contribution in [0.2, 0.25) is 0 Å². The first-order valence-electron chi connectivity index (χ1n) is 5.43. The molecule has 0 radical (unpaired) electrons. The molecule has 0 bridgehead atoms. The van der Waals surface area contributed by atoms with Crippen molar-refractivity contribution < 1.29 is 9.34 Å². The van der Waals surface area contributed by atoms with Crippen molar-refractivity contribution in [1.82, 2.24) is 14.8 Å². The van der Waals surface area contributed by atoms with E-state index < -0.39 is 10.5 Å². The first kappa shape index (κ1) is 14.0. The van der Waals surface area contributed by atoms with Gasteiger partial charge < -0.3 is 4.42 Å². The summed E-state index contributed by atoms with van der Waals surface area (Å²) in [6.45, 7) is 0. The Balaban J connectivity index is 2.29. The summed E-state index contributed by atoms with van der Waals surface area (Å²) in [7, 11) is 1.67. The third kappa shape index (κ3) is 2.94. The lowest BCUT2D eigenvalue weighted by Crippen LogP contribution is -2.19. The fraction of sp³-hybridized carbons (Fsp3) is 0.182. The third-order valence-corrected chi connectivity index (χ3v) is 3.05. The lowest BCUT2D eigenvalue weighted by Gasteiger charge is -2.02. The van der Waals surface area contributed by atoms with Crippen LogP contribution in [0.15, 0.2) is 26.5 Å². The summed E-state index contributed by atoms with van der Waals surface area (Å²) in [5.74, 6) is -0.101. The summed E-state index contributed by atoms with van der Waals surface area (Å²) in [5.41, 5.74) is -0.339. The molecule has 0 saturated carbocycles. The van der Waals surface area contributed by atoms with Gasteiger partial charge in [-0.3, -0.25) is 14.9 Å². The van der Waals surface area contributed by atoms with Crippen LogP contribution in [-0.2, 0) is 7.05 Å². The van der Waals surface area contributed by atoms with Crippen LogP contribution in [0.1, 0.15) is 11.5 Å². The average molecular weight is 294 g/mol. The van der Waals surface area contributed by atoms with Gasteiger partial charge in [0.05, 0.1) is 6.07 Å². The maximum atomic E-state index is 11.7. The van der Waals surface area contributed by atoms with Crippen molar-refractivity contribution in [2.24, 2.45) is 7.05 Å². The Morgan fingerprint density at radius 2 is 2.20 bits per heavy atom. The van der Waals surface area contributed by atoms with Gasteiger partial charge in [-0.05, 0) is 24.5 Å². The highest BCUT2D eigenvalue weighted by Crippen LogP contribution is 2.17. The SMILES string of the molecule is CSc1nc(=O)c(/C=C/c2ccc([N+](=O)[O-])o2)nn1C. The molecule has 9 heteroatoms. The van der Waals surface area contributed by atoms with Crippen LogP contribution in [0.4, 0.5) is 5.88 Å². The molecule has 0 aliphatic rings. The molecule has 0 aromatic carbocycles. The van der Waals surface area contributed by atoms with E-state index in [9.17, 15) is 14.9 Å². The van der Waals surface area contributed by atoms with Crippen LogP contribution in [-0.4, -0.2) is 25.9 Å². The second-order valence-electron chi connectivity index (χ2n) is 3.68. The Bertz CT molecular complexity index is 734. The maximum absolute atomic E-state index is 11.7. The molecule has 2 aromatic heterocycles. The van der Waals surface area contributed by atoms with E-state index in [1.54, 1.807) is 13.3 Å². The predicted octanol–water partition coefficient (Wildman–Crippen LogP) is 1.57. The average Bonchev–Trinajstić information content (AvgIpc) is 2.88. The standard InChI is InChI=1S/C11H10N4O4S/c1-14-11(20-2)12-10(16)8(13-14)5-3-7-4-6-9(19-7)15(17)18/h3-6H,1-2H3/b5-3+. The van der Waals surface area contributed by atoms with Crippen LogP contribution in [0, 0.1) is 10.1 Å². The molecule has 0 atom stereocenters. The summed E-state index contributed by atoms with van der Waals surface area (Å²) in [5, 5.41) is 15.0. The molecule has 104 valence electrons. The molecular formula is C11H10N4O4S. The minimum absolute atomic E-state index is 0.129. The predicted molar refractivity (Wildman–Crippen MR) is 73.3 cm³/mol. The topological polar surface area (TPSA) is 104 Å². The van der Waals surface area contributed by atoms with E-state index in [1.165, 1.54) is 40.7 Å². The van der Waals surface area contributed by atoms with Gasteiger partial charge in [-0.2, -0.15) is 10.1 Å². The van der Waals surface area contributed by atoms with Crippen LogP contribution < -0.4 is 5.56 Å². The molecule has 0 aliphatic carbocycles. The lowest BCUT2D eigenvalue weighted by molar-refractivity contribution is -0.402. The van der Waals surface area contributed by atoms with Crippen molar-refractivity contribution in [2.45, 2.75) is 5.16 Å². The fourth-order valence-electron chi connectivity index (χ4n) is 1.44. The van der Waals surface area contributed by atoms with Crippen LogP contribution >= 0.6 is 11.8 Å². The van der Waals surface area contributed by atoms with Gasteiger partial charge in [0.15, 0.2) is 10.9 Å². The summed E-state index contributed by atoms with van der Waals surface area (Å²) in [4.78, 5) is 25.4. The Morgan fingerprint density at radius 1 is 1.45 bits per heavy atom. The number of rotatable bonds is 4. The smallest absolute Gasteiger partial charge is 0.401 e. The van der Waals surface area contributed by atoms with Crippen molar-refractivity contribution in [3.63, 3.8) is 0 Å². The zero-order valence-electron chi connectivity index (χ0n) is 10.6. The van der Waals surface area contributed by atoms with Crippen molar-refractivity contribution >= 4 is 29.8 Å². The zero-order valence-corrected chi connectivity index (χ0v) is 11.5. The quantitative estimate of drug-likeness (QED) is 0.479. The highest BCUT2D eigenvalue weighted by molar-refractivity contribution is 7.98.